The van der Waals surface area contributed by atoms with Crippen LogP contribution in [0, 0.1) is 13.8 Å². The lowest BCUT2D eigenvalue weighted by Crippen LogP contribution is -2.14. The van der Waals surface area contributed by atoms with E-state index in [1.165, 1.54) is 0 Å². The Hall–Kier alpha value is -2.76. The second kappa shape index (κ2) is 5.55. The Bertz CT molecular complexity index is 840. The predicted octanol–water partition coefficient (Wildman–Crippen LogP) is 2.58. The maximum Gasteiger partial charge on any atom is 0.360 e. The first-order valence-electron chi connectivity index (χ1n) is 7.08. The van der Waals surface area contributed by atoms with Crippen molar-refractivity contribution in [3.05, 3.63) is 47.4 Å². The molecule has 0 fully saturated rings. The van der Waals surface area contributed by atoms with Crippen LogP contribution in [0.2, 0.25) is 0 Å². The SMILES string of the molecule is CCOC(=O)c1nnc2c(-c3ccccc3)c(C)nn2c1C. The third-order valence-electron chi connectivity index (χ3n) is 3.47. The largest absolute Gasteiger partial charge is 0.461 e. The molecule has 0 bridgehead atoms. The van der Waals surface area contributed by atoms with Gasteiger partial charge in [-0.3, -0.25) is 0 Å². The molecule has 0 unspecified atom stereocenters. The third kappa shape index (κ3) is 2.22. The molecule has 0 saturated carbocycles. The van der Waals surface area contributed by atoms with Gasteiger partial charge in [0.25, 0.3) is 0 Å². The van der Waals surface area contributed by atoms with Crippen molar-refractivity contribution < 1.29 is 9.53 Å². The van der Waals surface area contributed by atoms with E-state index in [9.17, 15) is 4.79 Å². The second-order valence-corrected chi connectivity index (χ2v) is 4.92. The van der Waals surface area contributed by atoms with Gasteiger partial charge in [0.05, 0.1) is 23.6 Å². The maximum atomic E-state index is 11.9. The quantitative estimate of drug-likeness (QED) is 0.695. The van der Waals surface area contributed by atoms with E-state index in [0.717, 1.165) is 16.8 Å². The van der Waals surface area contributed by atoms with Gasteiger partial charge in [-0.2, -0.15) is 5.10 Å². The van der Waals surface area contributed by atoms with E-state index >= 15 is 0 Å². The Morgan fingerprint density at radius 2 is 1.91 bits per heavy atom. The Kier molecular flexibility index (Phi) is 3.58. The average Bonchev–Trinajstić information content (AvgIpc) is 2.86. The van der Waals surface area contributed by atoms with Gasteiger partial charge in [-0.15, -0.1) is 10.2 Å². The molecule has 2 aromatic heterocycles. The molecule has 0 aliphatic heterocycles. The van der Waals surface area contributed by atoms with Crippen molar-refractivity contribution in [3.63, 3.8) is 0 Å². The molecule has 0 aliphatic carbocycles. The number of hydrogen-bond donors (Lipinski definition) is 0. The van der Waals surface area contributed by atoms with Crippen molar-refractivity contribution in [2.75, 3.05) is 6.61 Å². The highest BCUT2D eigenvalue weighted by Gasteiger charge is 2.20. The molecule has 3 aromatic rings. The summed E-state index contributed by atoms with van der Waals surface area (Å²) in [7, 11) is 0. The lowest BCUT2D eigenvalue weighted by Gasteiger charge is -2.05. The summed E-state index contributed by atoms with van der Waals surface area (Å²) < 4.78 is 6.65. The van der Waals surface area contributed by atoms with Gasteiger partial charge in [0, 0.05) is 0 Å². The molecule has 0 N–H and O–H groups in total. The Morgan fingerprint density at radius 1 is 1.18 bits per heavy atom. The van der Waals surface area contributed by atoms with Crippen molar-refractivity contribution in [1.82, 2.24) is 19.8 Å². The van der Waals surface area contributed by atoms with Crippen molar-refractivity contribution in [2.24, 2.45) is 0 Å². The fourth-order valence-corrected chi connectivity index (χ4v) is 2.44. The van der Waals surface area contributed by atoms with Gasteiger partial charge in [-0.25, -0.2) is 9.31 Å². The van der Waals surface area contributed by atoms with Gasteiger partial charge in [-0.05, 0) is 26.3 Å². The Balaban J connectivity index is 2.21. The molecule has 1 aromatic carbocycles. The van der Waals surface area contributed by atoms with E-state index in [1.807, 2.05) is 37.3 Å². The molecule has 0 atom stereocenters. The van der Waals surface area contributed by atoms with Gasteiger partial charge in [0.15, 0.2) is 11.3 Å². The molecule has 6 heteroatoms. The Morgan fingerprint density at radius 3 is 2.59 bits per heavy atom. The summed E-state index contributed by atoms with van der Waals surface area (Å²) in [6.45, 7) is 5.76. The number of aromatic nitrogens is 4. The van der Waals surface area contributed by atoms with Crippen molar-refractivity contribution in [2.45, 2.75) is 20.8 Å². The zero-order valence-corrected chi connectivity index (χ0v) is 12.7. The number of hydrogen-bond acceptors (Lipinski definition) is 5. The van der Waals surface area contributed by atoms with Crippen LogP contribution in [0.5, 0.6) is 0 Å². The summed E-state index contributed by atoms with van der Waals surface area (Å²) >= 11 is 0. The van der Waals surface area contributed by atoms with Crippen LogP contribution in [0.4, 0.5) is 0 Å². The molecular formula is C16H16N4O2. The van der Waals surface area contributed by atoms with Gasteiger partial charge in [-0.1, -0.05) is 30.3 Å². The van der Waals surface area contributed by atoms with E-state index in [4.69, 9.17) is 4.74 Å². The molecule has 3 rings (SSSR count). The van der Waals surface area contributed by atoms with Crippen LogP contribution in [0.1, 0.15) is 28.8 Å². The third-order valence-corrected chi connectivity index (χ3v) is 3.47. The maximum absolute atomic E-state index is 11.9. The minimum absolute atomic E-state index is 0.191. The van der Waals surface area contributed by atoms with E-state index in [1.54, 1.807) is 18.4 Å². The first-order valence-corrected chi connectivity index (χ1v) is 7.08. The van der Waals surface area contributed by atoms with Crippen LogP contribution < -0.4 is 0 Å². The van der Waals surface area contributed by atoms with E-state index in [0.29, 0.717) is 17.9 Å². The van der Waals surface area contributed by atoms with Gasteiger partial charge in [0.1, 0.15) is 0 Å². The van der Waals surface area contributed by atoms with Gasteiger partial charge < -0.3 is 4.74 Å². The minimum atomic E-state index is -0.483. The van der Waals surface area contributed by atoms with Gasteiger partial charge in [0.2, 0.25) is 0 Å². The molecule has 112 valence electrons. The topological polar surface area (TPSA) is 69.4 Å². The average molecular weight is 296 g/mol. The number of carbonyl (C=O) groups excluding carboxylic acids is 1. The van der Waals surface area contributed by atoms with E-state index in [-0.39, 0.29) is 5.69 Å². The highest BCUT2D eigenvalue weighted by Crippen LogP contribution is 2.27. The normalized spacial score (nSPS) is 10.9. The molecule has 2 heterocycles. The minimum Gasteiger partial charge on any atom is -0.461 e. The summed E-state index contributed by atoms with van der Waals surface area (Å²) in [6.07, 6.45) is 0. The number of esters is 1. The van der Waals surface area contributed by atoms with Gasteiger partial charge >= 0.3 is 5.97 Å². The molecule has 22 heavy (non-hydrogen) atoms. The van der Waals surface area contributed by atoms with Crippen molar-refractivity contribution in [3.8, 4) is 11.1 Å². The molecule has 0 radical (unpaired) electrons. The van der Waals surface area contributed by atoms with Crippen LogP contribution in [0.25, 0.3) is 16.8 Å². The standard InChI is InChI=1S/C16H16N4O2/c1-4-22-16(21)14-11(3)20-15(18-17-14)13(10(2)19-20)12-8-6-5-7-9-12/h5-9H,4H2,1-3H3. The second-order valence-electron chi connectivity index (χ2n) is 4.92. The lowest BCUT2D eigenvalue weighted by atomic mass is 10.1. The molecule has 0 spiro atoms. The molecule has 0 saturated heterocycles. The number of ether oxygens (including phenoxy) is 1. The monoisotopic (exact) mass is 296 g/mol. The van der Waals surface area contributed by atoms with Crippen LogP contribution in [-0.2, 0) is 4.74 Å². The zero-order chi connectivity index (χ0) is 15.7. The first-order chi connectivity index (χ1) is 10.6. The summed E-state index contributed by atoms with van der Waals surface area (Å²) in [4.78, 5) is 11.9. The summed E-state index contributed by atoms with van der Waals surface area (Å²) in [6, 6.07) is 9.89. The van der Waals surface area contributed by atoms with Crippen LogP contribution >= 0.6 is 0 Å². The fourth-order valence-electron chi connectivity index (χ4n) is 2.44. The summed E-state index contributed by atoms with van der Waals surface area (Å²) in [5, 5.41) is 12.7. The lowest BCUT2D eigenvalue weighted by molar-refractivity contribution is 0.0516. The van der Waals surface area contributed by atoms with Crippen LogP contribution in [-0.4, -0.2) is 32.4 Å². The first kappa shape index (κ1) is 14.2. The number of nitrogens with zero attached hydrogens (tertiary/aromatic N) is 4. The predicted molar refractivity (Wildman–Crippen MR) is 81.6 cm³/mol. The zero-order valence-electron chi connectivity index (χ0n) is 12.7. The van der Waals surface area contributed by atoms with E-state index in [2.05, 4.69) is 15.3 Å². The number of carbonyl (C=O) groups is 1. The summed E-state index contributed by atoms with van der Waals surface area (Å²) in [5.41, 5.74) is 4.23. The van der Waals surface area contributed by atoms with Crippen LogP contribution in [0.15, 0.2) is 30.3 Å². The molecule has 6 nitrogen and oxygen atoms in total. The highest BCUT2D eigenvalue weighted by molar-refractivity contribution is 5.89. The number of aryl methyl sites for hydroxylation is 2. The van der Waals surface area contributed by atoms with Crippen LogP contribution in [0.3, 0.4) is 0 Å². The molecule has 0 amide bonds. The highest BCUT2D eigenvalue weighted by atomic mass is 16.5. The van der Waals surface area contributed by atoms with Crippen molar-refractivity contribution >= 4 is 11.6 Å². The van der Waals surface area contributed by atoms with Crippen molar-refractivity contribution in [1.29, 1.82) is 0 Å². The molecule has 0 aliphatic rings. The van der Waals surface area contributed by atoms with E-state index < -0.39 is 5.97 Å². The fraction of sp³-hybridized carbons (Fsp3) is 0.250. The molecular weight excluding hydrogens is 280 g/mol. The smallest absolute Gasteiger partial charge is 0.360 e. The summed E-state index contributed by atoms with van der Waals surface area (Å²) in [5.74, 6) is -0.483. The number of benzene rings is 1. The number of rotatable bonds is 3. The Labute approximate surface area is 127 Å². The number of fused-ring (bicyclic) bond motifs is 1.